The Morgan fingerprint density at radius 1 is 1.19 bits per heavy atom. The Hall–Kier alpha value is -3.70. The number of aliphatic hydroxyl groups excluding tert-OH is 1. The summed E-state index contributed by atoms with van der Waals surface area (Å²) in [6, 6.07) is 10.5. The van der Waals surface area contributed by atoms with E-state index in [0.717, 1.165) is 11.3 Å². The maximum atomic E-state index is 13.4. The van der Waals surface area contributed by atoms with Crippen LogP contribution in [0.3, 0.4) is 0 Å². The SMILES string of the molecule is CCOc1ccc(CCCN(C(=O)C[C@H](O)C(=O)NO)[C@H](c2noc(-c3ccco3)n2)C(C)(C)C)cc1. The van der Waals surface area contributed by atoms with Gasteiger partial charge in [-0.2, -0.15) is 4.98 Å². The van der Waals surface area contributed by atoms with Gasteiger partial charge >= 0.3 is 0 Å². The molecule has 11 heteroatoms. The van der Waals surface area contributed by atoms with E-state index in [9.17, 15) is 14.7 Å². The Kier molecular flexibility index (Phi) is 9.42. The van der Waals surface area contributed by atoms with Crippen molar-refractivity contribution in [3.8, 4) is 17.4 Å². The van der Waals surface area contributed by atoms with E-state index < -0.39 is 35.8 Å². The predicted molar refractivity (Wildman–Crippen MR) is 132 cm³/mol. The van der Waals surface area contributed by atoms with Gasteiger partial charge in [0.2, 0.25) is 5.91 Å². The van der Waals surface area contributed by atoms with Crippen LogP contribution in [0.15, 0.2) is 51.6 Å². The molecule has 0 spiro atoms. The summed E-state index contributed by atoms with van der Waals surface area (Å²) in [4.78, 5) is 31.1. The van der Waals surface area contributed by atoms with Gasteiger partial charge in [0.15, 0.2) is 11.6 Å². The summed E-state index contributed by atoms with van der Waals surface area (Å²) in [5, 5.41) is 23.1. The number of nitrogens with zero attached hydrogens (tertiary/aromatic N) is 3. The van der Waals surface area contributed by atoms with E-state index in [1.54, 1.807) is 17.0 Å². The molecule has 3 rings (SSSR count). The van der Waals surface area contributed by atoms with Crippen molar-refractivity contribution in [3.05, 3.63) is 54.0 Å². The lowest BCUT2D eigenvalue weighted by Crippen LogP contribution is -2.45. The molecule has 11 nitrogen and oxygen atoms in total. The lowest BCUT2D eigenvalue weighted by molar-refractivity contribution is -0.146. The summed E-state index contributed by atoms with van der Waals surface area (Å²) in [6.45, 7) is 8.61. The van der Waals surface area contributed by atoms with Crippen LogP contribution in [0.4, 0.5) is 0 Å². The van der Waals surface area contributed by atoms with Crippen LogP contribution < -0.4 is 10.2 Å². The normalized spacial score (nSPS) is 13.1. The monoisotopic (exact) mass is 514 g/mol. The number of hydroxylamine groups is 1. The number of hydrogen-bond donors (Lipinski definition) is 3. The number of aryl methyl sites for hydroxylation is 1. The Morgan fingerprint density at radius 3 is 2.51 bits per heavy atom. The maximum Gasteiger partial charge on any atom is 0.293 e. The average molecular weight is 515 g/mol. The summed E-state index contributed by atoms with van der Waals surface area (Å²) in [5.41, 5.74) is 1.91. The van der Waals surface area contributed by atoms with Gasteiger partial charge in [0.05, 0.1) is 19.3 Å². The third-order valence-electron chi connectivity index (χ3n) is 5.75. The van der Waals surface area contributed by atoms with Crippen molar-refractivity contribution in [1.29, 1.82) is 0 Å². The molecule has 0 bridgehead atoms. The topological polar surface area (TPSA) is 151 Å². The molecule has 0 radical (unpaired) electrons. The zero-order valence-corrected chi connectivity index (χ0v) is 21.5. The second-order valence-electron chi connectivity index (χ2n) is 9.67. The fourth-order valence-electron chi connectivity index (χ4n) is 4.06. The van der Waals surface area contributed by atoms with Crippen molar-refractivity contribution in [2.24, 2.45) is 5.41 Å². The third-order valence-corrected chi connectivity index (χ3v) is 5.75. The maximum absolute atomic E-state index is 13.4. The van der Waals surface area contributed by atoms with Crippen LogP contribution in [0, 0.1) is 5.41 Å². The van der Waals surface area contributed by atoms with Crippen molar-refractivity contribution < 1.29 is 33.6 Å². The molecule has 0 saturated carbocycles. The van der Waals surface area contributed by atoms with Gasteiger partial charge in [0.1, 0.15) is 17.9 Å². The van der Waals surface area contributed by atoms with Crippen molar-refractivity contribution in [3.63, 3.8) is 0 Å². The molecule has 0 aliphatic carbocycles. The molecule has 3 aromatic rings. The van der Waals surface area contributed by atoms with Gasteiger partial charge in [-0.1, -0.05) is 38.1 Å². The molecular weight excluding hydrogens is 480 g/mol. The smallest absolute Gasteiger partial charge is 0.293 e. The number of benzene rings is 1. The van der Waals surface area contributed by atoms with Gasteiger partial charge in [-0.05, 0) is 55.0 Å². The van der Waals surface area contributed by atoms with Crippen molar-refractivity contribution in [2.45, 2.75) is 59.1 Å². The summed E-state index contributed by atoms with van der Waals surface area (Å²) >= 11 is 0. The average Bonchev–Trinajstić information content (AvgIpc) is 3.55. The van der Waals surface area contributed by atoms with Crippen LogP contribution in [-0.4, -0.2) is 56.4 Å². The minimum atomic E-state index is -1.71. The van der Waals surface area contributed by atoms with E-state index in [4.69, 9.17) is 18.9 Å². The number of carbonyl (C=O) groups excluding carboxylic acids is 2. The molecule has 3 N–H and O–H groups in total. The second kappa shape index (κ2) is 12.5. The molecule has 0 fully saturated rings. The molecule has 2 atom stereocenters. The number of aliphatic hydroxyl groups is 1. The molecule has 200 valence electrons. The Balaban J connectivity index is 1.85. The lowest BCUT2D eigenvalue weighted by atomic mass is 9.84. The first-order valence-electron chi connectivity index (χ1n) is 12.1. The number of nitrogens with one attached hydrogen (secondary N) is 1. The molecule has 0 saturated heterocycles. The minimum Gasteiger partial charge on any atom is -0.494 e. The van der Waals surface area contributed by atoms with Crippen LogP contribution in [0.5, 0.6) is 5.75 Å². The quantitative estimate of drug-likeness (QED) is 0.243. The summed E-state index contributed by atoms with van der Waals surface area (Å²) in [6.07, 6.45) is 0.528. The van der Waals surface area contributed by atoms with Crippen LogP contribution >= 0.6 is 0 Å². The van der Waals surface area contributed by atoms with Crippen LogP contribution in [-0.2, 0) is 16.0 Å². The van der Waals surface area contributed by atoms with Crippen LogP contribution in [0.1, 0.15) is 58.0 Å². The minimum absolute atomic E-state index is 0.177. The number of carbonyl (C=O) groups is 2. The molecule has 2 amide bonds. The lowest BCUT2D eigenvalue weighted by Gasteiger charge is -2.38. The molecular formula is C26H34N4O7. The number of ether oxygens (including phenoxy) is 1. The van der Waals surface area contributed by atoms with E-state index in [1.807, 2.05) is 52.0 Å². The van der Waals surface area contributed by atoms with Gasteiger partial charge in [0.25, 0.3) is 11.8 Å². The van der Waals surface area contributed by atoms with Crippen molar-refractivity contribution in [1.82, 2.24) is 20.5 Å². The zero-order valence-electron chi connectivity index (χ0n) is 21.5. The summed E-state index contributed by atoms with van der Waals surface area (Å²) in [7, 11) is 0. The molecule has 2 aromatic heterocycles. The van der Waals surface area contributed by atoms with Gasteiger partial charge in [-0.3, -0.25) is 14.8 Å². The van der Waals surface area contributed by atoms with E-state index >= 15 is 0 Å². The molecule has 0 unspecified atom stereocenters. The first kappa shape index (κ1) is 27.9. The third kappa shape index (κ3) is 7.40. The predicted octanol–water partition coefficient (Wildman–Crippen LogP) is 3.53. The number of rotatable bonds is 12. The number of hydrogen-bond acceptors (Lipinski definition) is 9. The highest BCUT2D eigenvalue weighted by Crippen LogP contribution is 2.38. The van der Waals surface area contributed by atoms with E-state index in [2.05, 4.69) is 10.1 Å². The summed E-state index contributed by atoms with van der Waals surface area (Å²) < 4.78 is 16.2. The number of furan rings is 1. The van der Waals surface area contributed by atoms with Crippen LogP contribution in [0.25, 0.3) is 11.7 Å². The van der Waals surface area contributed by atoms with E-state index in [1.165, 1.54) is 11.7 Å². The molecule has 0 aliphatic rings. The highest BCUT2D eigenvalue weighted by molar-refractivity contribution is 5.86. The highest BCUT2D eigenvalue weighted by atomic mass is 16.5. The van der Waals surface area contributed by atoms with Crippen molar-refractivity contribution in [2.75, 3.05) is 13.2 Å². The fraction of sp³-hybridized carbons (Fsp3) is 0.462. The molecule has 2 heterocycles. The number of amides is 2. The Morgan fingerprint density at radius 2 is 1.92 bits per heavy atom. The molecule has 0 aliphatic heterocycles. The van der Waals surface area contributed by atoms with Crippen LogP contribution in [0.2, 0.25) is 0 Å². The second-order valence-corrected chi connectivity index (χ2v) is 9.67. The Bertz CT molecular complexity index is 1140. The van der Waals surface area contributed by atoms with E-state index in [-0.39, 0.29) is 11.7 Å². The highest BCUT2D eigenvalue weighted by Gasteiger charge is 2.39. The van der Waals surface area contributed by atoms with Gasteiger partial charge in [-0.15, -0.1) is 0 Å². The zero-order chi connectivity index (χ0) is 27.0. The first-order valence-corrected chi connectivity index (χ1v) is 12.1. The Labute approximate surface area is 215 Å². The largest absolute Gasteiger partial charge is 0.494 e. The van der Waals surface area contributed by atoms with E-state index in [0.29, 0.717) is 31.8 Å². The number of aromatic nitrogens is 2. The first-order chi connectivity index (χ1) is 17.6. The van der Waals surface area contributed by atoms with Crippen molar-refractivity contribution >= 4 is 11.8 Å². The fourth-order valence-corrected chi connectivity index (χ4v) is 4.06. The summed E-state index contributed by atoms with van der Waals surface area (Å²) in [5.74, 6) is 0.0816. The standard InChI is InChI=1S/C26H34N4O7/c1-5-35-18-12-10-17(11-13-18)8-6-14-30(21(32)16-19(31)24(33)28-34)22(26(2,3)4)23-27-25(37-29-23)20-9-7-15-36-20/h7,9-13,15,19,22,31,34H,5-6,8,14,16H2,1-4H3,(H,28,33)/t19-,22+/m0/s1. The molecule has 37 heavy (non-hydrogen) atoms. The molecule has 1 aromatic carbocycles. The van der Waals surface area contributed by atoms with Gasteiger partial charge in [-0.25, -0.2) is 5.48 Å². The van der Waals surface area contributed by atoms with Gasteiger partial charge < -0.3 is 23.7 Å². The van der Waals surface area contributed by atoms with Gasteiger partial charge in [0, 0.05) is 6.54 Å².